The number of likely N-dealkylation sites (tertiary alicyclic amines) is 1. The molecule has 0 atom stereocenters. The van der Waals surface area contributed by atoms with Crippen LogP contribution in [0.4, 0.5) is 11.4 Å². The zero-order valence-corrected chi connectivity index (χ0v) is 14.7. The number of aromatic nitrogens is 1. The van der Waals surface area contributed by atoms with Crippen LogP contribution in [-0.4, -0.2) is 42.1 Å². The van der Waals surface area contributed by atoms with Crippen LogP contribution in [0.1, 0.15) is 36.0 Å². The first-order chi connectivity index (χ1) is 12.8. The highest BCUT2D eigenvalue weighted by Gasteiger charge is 2.18. The molecule has 1 saturated heterocycles. The van der Waals surface area contributed by atoms with Gasteiger partial charge in [0.05, 0.1) is 17.4 Å². The zero-order chi connectivity index (χ0) is 17.8. The normalized spacial score (nSPS) is 16.7. The number of anilines is 2. The summed E-state index contributed by atoms with van der Waals surface area (Å²) in [6.45, 7) is 2.79. The number of benzene rings is 1. The van der Waals surface area contributed by atoms with E-state index in [2.05, 4.69) is 10.3 Å². The van der Waals surface area contributed by atoms with Gasteiger partial charge in [-0.3, -0.25) is 9.78 Å². The Hall–Kier alpha value is -2.76. The van der Waals surface area contributed by atoms with Crippen LogP contribution < -0.4 is 14.8 Å². The highest BCUT2D eigenvalue weighted by Crippen LogP contribution is 2.33. The number of nitrogens with one attached hydrogen (secondary N) is 1. The second kappa shape index (κ2) is 7.64. The molecule has 136 valence electrons. The van der Waals surface area contributed by atoms with Gasteiger partial charge >= 0.3 is 0 Å². The van der Waals surface area contributed by atoms with Gasteiger partial charge in [-0.25, -0.2) is 0 Å². The van der Waals surface area contributed by atoms with Crippen molar-refractivity contribution in [3.8, 4) is 11.5 Å². The summed E-state index contributed by atoms with van der Waals surface area (Å²) in [5.74, 6) is 1.54. The van der Waals surface area contributed by atoms with Gasteiger partial charge in [0, 0.05) is 31.0 Å². The number of hydrogen-bond acceptors (Lipinski definition) is 5. The van der Waals surface area contributed by atoms with Crippen molar-refractivity contribution in [3.05, 3.63) is 42.2 Å². The van der Waals surface area contributed by atoms with Crippen molar-refractivity contribution in [1.82, 2.24) is 9.88 Å². The standard InChI is InChI=1S/C20H23N3O3/c24-20(23-7-3-1-2-4-8-23)15-11-17(14-21-13-15)22-16-5-6-18-19(12-16)26-10-9-25-18/h5-6,11-14,22H,1-4,7-10H2. The second-order valence-electron chi connectivity index (χ2n) is 6.65. The summed E-state index contributed by atoms with van der Waals surface area (Å²) >= 11 is 0. The Kier molecular flexibility index (Phi) is 4.91. The lowest BCUT2D eigenvalue weighted by Crippen LogP contribution is -2.31. The van der Waals surface area contributed by atoms with Crippen molar-refractivity contribution in [1.29, 1.82) is 0 Å². The number of pyridine rings is 1. The Bertz CT molecular complexity index is 786. The highest BCUT2D eigenvalue weighted by molar-refractivity contribution is 5.95. The summed E-state index contributed by atoms with van der Waals surface area (Å²) in [5, 5.41) is 3.30. The number of fused-ring (bicyclic) bond motifs is 1. The van der Waals surface area contributed by atoms with E-state index in [4.69, 9.17) is 9.47 Å². The summed E-state index contributed by atoms with van der Waals surface area (Å²) in [5.41, 5.74) is 2.27. The minimum absolute atomic E-state index is 0.0604. The SMILES string of the molecule is O=C(c1cncc(Nc2ccc3c(c2)OCCO3)c1)N1CCCCCC1. The van der Waals surface area contributed by atoms with Crippen molar-refractivity contribution in [3.63, 3.8) is 0 Å². The Morgan fingerprint density at radius 3 is 2.50 bits per heavy atom. The molecule has 4 rings (SSSR count). The molecule has 6 nitrogen and oxygen atoms in total. The van der Waals surface area contributed by atoms with Gasteiger partial charge < -0.3 is 19.7 Å². The maximum Gasteiger partial charge on any atom is 0.255 e. The van der Waals surface area contributed by atoms with Crippen molar-refractivity contribution in [2.75, 3.05) is 31.6 Å². The molecule has 1 N–H and O–H groups in total. The van der Waals surface area contributed by atoms with Gasteiger partial charge in [0.25, 0.3) is 5.91 Å². The fourth-order valence-electron chi connectivity index (χ4n) is 3.37. The van der Waals surface area contributed by atoms with E-state index in [1.165, 1.54) is 12.8 Å². The summed E-state index contributed by atoms with van der Waals surface area (Å²) in [6.07, 6.45) is 7.92. The quantitative estimate of drug-likeness (QED) is 0.913. The Morgan fingerprint density at radius 1 is 0.923 bits per heavy atom. The molecule has 2 aromatic rings. The Balaban J connectivity index is 1.49. The molecule has 0 bridgehead atoms. The van der Waals surface area contributed by atoms with Crippen LogP contribution in [-0.2, 0) is 0 Å². The molecular weight excluding hydrogens is 330 g/mol. The molecule has 2 aliphatic rings. The molecule has 0 aliphatic carbocycles. The van der Waals surface area contributed by atoms with Gasteiger partial charge in [-0.05, 0) is 31.0 Å². The van der Waals surface area contributed by atoms with Crippen LogP contribution in [0.25, 0.3) is 0 Å². The van der Waals surface area contributed by atoms with E-state index >= 15 is 0 Å². The summed E-state index contributed by atoms with van der Waals surface area (Å²) in [7, 11) is 0. The predicted octanol–water partition coefficient (Wildman–Crippen LogP) is 3.61. The second-order valence-corrected chi connectivity index (χ2v) is 6.65. The Labute approximate surface area is 153 Å². The van der Waals surface area contributed by atoms with Crippen molar-refractivity contribution in [2.45, 2.75) is 25.7 Å². The third-order valence-corrected chi connectivity index (χ3v) is 4.71. The van der Waals surface area contributed by atoms with Gasteiger partial charge in [0.15, 0.2) is 11.5 Å². The smallest absolute Gasteiger partial charge is 0.255 e. The van der Waals surface area contributed by atoms with Crippen LogP contribution >= 0.6 is 0 Å². The molecule has 1 fully saturated rings. The molecule has 6 heteroatoms. The monoisotopic (exact) mass is 353 g/mol. The van der Waals surface area contributed by atoms with Gasteiger partial charge in [0.1, 0.15) is 13.2 Å². The fraction of sp³-hybridized carbons (Fsp3) is 0.400. The minimum Gasteiger partial charge on any atom is -0.486 e. The first kappa shape index (κ1) is 16.7. The highest BCUT2D eigenvalue weighted by atomic mass is 16.6. The molecule has 2 aliphatic heterocycles. The molecule has 0 unspecified atom stereocenters. The van der Waals surface area contributed by atoms with Gasteiger partial charge in [-0.1, -0.05) is 12.8 Å². The lowest BCUT2D eigenvalue weighted by molar-refractivity contribution is 0.0761. The fourth-order valence-corrected chi connectivity index (χ4v) is 3.37. The molecule has 1 aromatic heterocycles. The van der Waals surface area contributed by atoms with Crippen LogP contribution in [0.3, 0.4) is 0 Å². The summed E-state index contributed by atoms with van der Waals surface area (Å²) in [6, 6.07) is 7.57. The third-order valence-electron chi connectivity index (χ3n) is 4.71. The van der Waals surface area contributed by atoms with E-state index in [9.17, 15) is 4.79 Å². The number of ether oxygens (including phenoxy) is 2. The first-order valence-corrected chi connectivity index (χ1v) is 9.20. The minimum atomic E-state index is 0.0604. The molecule has 1 aromatic carbocycles. The van der Waals surface area contributed by atoms with E-state index in [1.54, 1.807) is 12.4 Å². The van der Waals surface area contributed by atoms with Gasteiger partial charge in [-0.15, -0.1) is 0 Å². The molecular formula is C20H23N3O3. The van der Waals surface area contributed by atoms with E-state index in [0.29, 0.717) is 18.8 Å². The van der Waals surface area contributed by atoms with E-state index in [0.717, 1.165) is 48.8 Å². The molecule has 26 heavy (non-hydrogen) atoms. The van der Waals surface area contributed by atoms with E-state index in [1.807, 2.05) is 29.2 Å². The molecule has 0 spiro atoms. The topological polar surface area (TPSA) is 63.7 Å². The van der Waals surface area contributed by atoms with E-state index in [-0.39, 0.29) is 5.91 Å². The molecule has 0 saturated carbocycles. The summed E-state index contributed by atoms with van der Waals surface area (Å²) in [4.78, 5) is 19.0. The number of rotatable bonds is 3. The zero-order valence-electron chi connectivity index (χ0n) is 14.7. The molecule has 0 radical (unpaired) electrons. The maximum absolute atomic E-state index is 12.8. The molecule has 1 amide bonds. The summed E-state index contributed by atoms with van der Waals surface area (Å²) < 4.78 is 11.2. The number of carbonyl (C=O) groups excluding carboxylic acids is 1. The third kappa shape index (κ3) is 3.74. The number of hydrogen-bond donors (Lipinski definition) is 1. The largest absolute Gasteiger partial charge is 0.486 e. The average Bonchev–Trinajstić information content (AvgIpc) is 2.97. The van der Waals surface area contributed by atoms with Crippen LogP contribution in [0, 0.1) is 0 Å². The first-order valence-electron chi connectivity index (χ1n) is 9.20. The van der Waals surface area contributed by atoms with Crippen molar-refractivity contribution in [2.24, 2.45) is 0 Å². The molecule has 3 heterocycles. The van der Waals surface area contributed by atoms with E-state index < -0.39 is 0 Å². The average molecular weight is 353 g/mol. The number of nitrogens with zero attached hydrogens (tertiary/aromatic N) is 2. The number of carbonyl (C=O) groups is 1. The van der Waals surface area contributed by atoms with Gasteiger partial charge in [-0.2, -0.15) is 0 Å². The lowest BCUT2D eigenvalue weighted by atomic mass is 10.2. The van der Waals surface area contributed by atoms with Gasteiger partial charge in [0.2, 0.25) is 0 Å². The van der Waals surface area contributed by atoms with Crippen LogP contribution in [0.5, 0.6) is 11.5 Å². The lowest BCUT2D eigenvalue weighted by Gasteiger charge is -2.21. The van der Waals surface area contributed by atoms with Crippen molar-refractivity contribution < 1.29 is 14.3 Å². The van der Waals surface area contributed by atoms with Crippen LogP contribution in [0.15, 0.2) is 36.7 Å². The maximum atomic E-state index is 12.8. The number of amides is 1. The van der Waals surface area contributed by atoms with Crippen molar-refractivity contribution >= 4 is 17.3 Å². The predicted molar refractivity (Wildman–Crippen MR) is 99.3 cm³/mol. The van der Waals surface area contributed by atoms with Crippen LogP contribution in [0.2, 0.25) is 0 Å². The Morgan fingerprint density at radius 2 is 1.69 bits per heavy atom.